The predicted octanol–water partition coefficient (Wildman–Crippen LogP) is 1.69. The standard InChI is InChI=1S/C16H25N3O/c1-3-19(15-9-5-4-7-13(15)2)12-11-18-16(20)14-8-6-10-17-14/h4-5,7,9,14,17H,3,6,8,10-12H2,1-2H3,(H,18,20). The number of rotatable bonds is 6. The summed E-state index contributed by atoms with van der Waals surface area (Å²) < 4.78 is 0. The Balaban J connectivity index is 1.82. The number of benzene rings is 1. The molecule has 1 saturated heterocycles. The summed E-state index contributed by atoms with van der Waals surface area (Å²) in [5.74, 6) is 0.142. The van der Waals surface area contributed by atoms with Gasteiger partial charge in [0, 0.05) is 25.3 Å². The van der Waals surface area contributed by atoms with Gasteiger partial charge in [-0.15, -0.1) is 0 Å². The molecule has 0 spiro atoms. The first-order chi connectivity index (χ1) is 9.72. The summed E-state index contributed by atoms with van der Waals surface area (Å²) in [5, 5.41) is 6.26. The molecule has 1 aliphatic heterocycles. The van der Waals surface area contributed by atoms with Crippen molar-refractivity contribution < 1.29 is 4.79 Å². The van der Waals surface area contributed by atoms with Gasteiger partial charge in [0.2, 0.25) is 5.91 Å². The molecule has 2 N–H and O–H groups in total. The fourth-order valence-electron chi connectivity index (χ4n) is 2.71. The van der Waals surface area contributed by atoms with Crippen LogP contribution in [-0.4, -0.2) is 38.1 Å². The lowest BCUT2D eigenvalue weighted by Crippen LogP contribution is -2.43. The molecule has 20 heavy (non-hydrogen) atoms. The third-order valence-electron chi connectivity index (χ3n) is 3.90. The third kappa shape index (κ3) is 3.73. The molecule has 4 heteroatoms. The van der Waals surface area contributed by atoms with Crippen LogP contribution in [0.25, 0.3) is 0 Å². The fraction of sp³-hybridized carbons (Fsp3) is 0.562. The van der Waals surface area contributed by atoms with Crippen LogP contribution in [0.4, 0.5) is 5.69 Å². The van der Waals surface area contributed by atoms with Crippen LogP contribution >= 0.6 is 0 Å². The van der Waals surface area contributed by atoms with Gasteiger partial charge in [-0.3, -0.25) is 4.79 Å². The number of hydrogen-bond donors (Lipinski definition) is 2. The van der Waals surface area contributed by atoms with Gasteiger partial charge in [-0.25, -0.2) is 0 Å². The van der Waals surface area contributed by atoms with Gasteiger partial charge in [0.1, 0.15) is 0 Å². The van der Waals surface area contributed by atoms with Gasteiger partial charge in [0.25, 0.3) is 0 Å². The lowest BCUT2D eigenvalue weighted by molar-refractivity contribution is -0.122. The van der Waals surface area contributed by atoms with Gasteiger partial charge >= 0.3 is 0 Å². The maximum Gasteiger partial charge on any atom is 0.237 e. The largest absolute Gasteiger partial charge is 0.370 e. The Morgan fingerprint density at radius 1 is 1.45 bits per heavy atom. The quantitative estimate of drug-likeness (QED) is 0.830. The van der Waals surface area contributed by atoms with E-state index in [0.29, 0.717) is 6.54 Å². The average Bonchev–Trinajstić information content (AvgIpc) is 2.99. The van der Waals surface area contributed by atoms with Gasteiger partial charge in [-0.1, -0.05) is 18.2 Å². The SMILES string of the molecule is CCN(CCNC(=O)C1CCCN1)c1ccccc1C. The van der Waals surface area contributed by atoms with Gasteiger partial charge in [0.15, 0.2) is 0 Å². The molecular weight excluding hydrogens is 250 g/mol. The second-order valence-electron chi connectivity index (χ2n) is 5.31. The maximum atomic E-state index is 11.9. The molecule has 0 saturated carbocycles. The number of para-hydroxylation sites is 1. The van der Waals surface area contributed by atoms with Crippen LogP contribution in [0.3, 0.4) is 0 Å². The molecule has 1 heterocycles. The maximum absolute atomic E-state index is 11.9. The molecule has 4 nitrogen and oxygen atoms in total. The van der Waals surface area contributed by atoms with Gasteiger partial charge in [-0.2, -0.15) is 0 Å². The zero-order chi connectivity index (χ0) is 14.4. The van der Waals surface area contributed by atoms with E-state index in [1.54, 1.807) is 0 Å². The molecule has 1 aromatic rings. The molecule has 1 aromatic carbocycles. The van der Waals surface area contributed by atoms with Crippen molar-refractivity contribution in [3.63, 3.8) is 0 Å². The summed E-state index contributed by atoms with van der Waals surface area (Å²) in [4.78, 5) is 14.2. The third-order valence-corrected chi connectivity index (χ3v) is 3.90. The Labute approximate surface area is 121 Å². The summed E-state index contributed by atoms with van der Waals surface area (Å²) in [5.41, 5.74) is 2.53. The molecule has 1 aliphatic rings. The van der Waals surface area contributed by atoms with Crippen LogP contribution in [0, 0.1) is 6.92 Å². The molecule has 1 atom stereocenters. The first-order valence-electron chi connectivity index (χ1n) is 7.54. The van der Waals surface area contributed by atoms with Crippen molar-refractivity contribution in [2.75, 3.05) is 31.1 Å². The molecule has 0 aliphatic carbocycles. The minimum atomic E-state index is 0.0172. The first-order valence-corrected chi connectivity index (χ1v) is 7.54. The fourth-order valence-corrected chi connectivity index (χ4v) is 2.71. The number of nitrogens with one attached hydrogen (secondary N) is 2. The Morgan fingerprint density at radius 2 is 2.25 bits per heavy atom. The number of likely N-dealkylation sites (N-methyl/N-ethyl adjacent to an activating group) is 1. The van der Waals surface area contributed by atoms with E-state index in [1.165, 1.54) is 11.3 Å². The van der Waals surface area contributed by atoms with Crippen LogP contribution in [0.2, 0.25) is 0 Å². The van der Waals surface area contributed by atoms with Crippen LogP contribution in [0.15, 0.2) is 24.3 Å². The van der Waals surface area contributed by atoms with Crippen molar-refractivity contribution in [1.29, 1.82) is 0 Å². The normalized spacial score (nSPS) is 18.0. The van der Waals surface area contributed by atoms with Crippen molar-refractivity contribution in [2.45, 2.75) is 32.7 Å². The molecule has 1 fully saturated rings. The Morgan fingerprint density at radius 3 is 2.90 bits per heavy atom. The number of carbonyl (C=O) groups is 1. The van der Waals surface area contributed by atoms with E-state index in [9.17, 15) is 4.79 Å². The van der Waals surface area contributed by atoms with E-state index in [1.807, 2.05) is 0 Å². The summed E-state index contributed by atoms with van der Waals surface area (Å²) in [7, 11) is 0. The van der Waals surface area contributed by atoms with Crippen LogP contribution in [-0.2, 0) is 4.79 Å². The van der Waals surface area contributed by atoms with Crippen molar-refractivity contribution >= 4 is 11.6 Å². The molecule has 1 amide bonds. The Hall–Kier alpha value is -1.55. The Bertz CT molecular complexity index is 441. The molecule has 2 rings (SSSR count). The molecular formula is C16H25N3O. The second-order valence-corrected chi connectivity index (χ2v) is 5.31. The van der Waals surface area contributed by atoms with Gasteiger partial charge in [0.05, 0.1) is 6.04 Å². The summed E-state index contributed by atoms with van der Waals surface area (Å²) in [6.07, 6.45) is 2.06. The average molecular weight is 275 g/mol. The topological polar surface area (TPSA) is 44.4 Å². The van der Waals surface area contributed by atoms with Crippen molar-refractivity contribution in [2.24, 2.45) is 0 Å². The monoisotopic (exact) mass is 275 g/mol. The van der Waals surface area contributed by atoms with Crippen molar-refractivity contribution in [1.82, 2.24) is 10.6 Å². The summed E-state index contributed by atoms with van der Waals surface area (Å²) in [6.45, 7) is 7.72. The lowest BCUT2D eigenvalue weighted by Gasteiger charge is -2.25. The van der Waals surface area contributed by atoms with E-state index in [0.717, 1.165) is 32.5 Å². The van der Waals surface area contributed by atoms with Crippen LogP contribution in [0.5, 0.6) is 0 Å². The highest BCUT2D eigenvalue weighted by Crippen LogP contribution is 2.18. The zero-order valence-electron chi connectivity index (χ0n) is 12.5. The van der Waals surface area contributed by atoms with Gasteiger partial charge in [-0.05, 0) is 44.9 Å². The Kier molecular flexibility index (Phi) is 5.41. The molecule has 110 valence electrons. The first kappa shape index (κ1) is 14.9. The van der Waals surface area contributed by atoms with E-state index in [2.05, 4.69) is 53.6 Å². The number of hydrogen-bond acceptors (Lipinski definition) is 3. The molecule has 0 radical (unpaired) electrons. The van der Waals surface area contributed by atoms with E-state index >= 15 is 0 Å². The summed E-state index contributed by atoms with van der Waals surface area (Å²) >= 11 is 0. The van der Waals surface area contributed by atoms with E-state index < -0.39 is 0 Å². The van der Waals surface area contributed by atoms with Crippen LogP contribution < -0.4 is 15.5 Å². The highest BCUT2D eigenvalue weighted by Gasteiger charge is 2.21. The van der Waals surface area contributed by atoms with Gasteiger partial charge < -0.3 is 15.5 Å². The highest BCUT2D eigenvalue weighted by molar-refractivity contribution is 5.82. The molecule has 0 aromatic heterocycles. The minimum Gasteiger partial charge on any atom is -0.370 e. The zero-order valence-corrected chi connectivity index (χ0v) is 12.5. The molecule has 1 unspecified atom stereocenters. The lowest BCUT2D eigenvalue weighted by atomic mass is 10.2. The molecule has 0 bridgehead atoms. The highest BCUT2D eigenvalue weighted by atomic mass is 16.2. The predicted molar refractivity (Wildman–Crippen MR) is 83.1 cm³/mol. The number of nitrogens with zero attached hydrogens (tertiary/aromatic N) is 1. The van der Waals surface area contributed by atoms with E-state index in [4.69, 9.17) is 0 Å². The number of amides is 1. The smallest absolute Gasteiger partial charge is 0.237 e. The number of aryl methyl sites for hydroxylation is 1. The summed E-state index contributed by atoms with van der Waals surface area (Å²) in [6, 6.07) is 8.40. The number of anilines is 1. The van der Waals surface area contributed by atoms with E-state index in [-0.39, 0.29) is 11.9 Å². The van der Waals surface area contributed by atoms with Crippen molar-refractivity contribution in [3.8, 4) is 0 Å². The second kappa shape index (κ2) is 7.29. The van der Waals surface area contributed by atoms with Crippen molar-refractivity contribution in [3.05, 3.63) is 29.8 Å². The minimum absolute atomic E-state index is 0.0172. The number of carbonyl (C=O) groups excluding carboxylic acids is 1. The van der Waals surface area contributed by atoms with Crippen LogP contribution in [0.1, 0.15) is 25.3 Å².